The third-order valence-electron chi connectivity index (χ3n) is 4.57. The molecule has 0 unspecified atom stereocenters. The van der Waals surface area contributed by atoms with E-state index in [0.29, 0.717) is 11.9 Å². The molecule has 21 heavy (non-hydrogen) atoms. The first-order valence-corrected chi connectivity index (χ1v) is 7.68. The molecule has 0 amide bonds. The second kappa shape index (κ2) is 5.54. The van der Waals surface area contributed by atoms with Crippen LogP contribution >= 0.6 is 0 Å². The number of hydrogen-bond acceptors (Lipinski definition) is 5. The molecule has 2 atom stereocenters. The highest BCUT2D eigenvalue weighted by Gasteiger charge is 2.28. The third-order valence-corrected chi connectivity index (χ3v) is 4.57. The highest BCUT2D eigenvalue weighted by Crippen LogP contribution is 2.22. The molecule has 4 rings (SSSR count). The van der Waals surface area contributed by atoms with Crippen LogP contribution in [0.3, 0.4) is 0 Å². The Kier molecular flexibility index (Phi) is 3.40. The van der Waals surface area contributed by atoms with Gasteiger partial charge in [0, 0.05) is 37.3 Å². The molecule has 2 saturated heterocycles. The molecule has 1 aromatic carbocycles. The molecule has 0 aliphatic carbocycles. The van der Waals surface area contributed by atoms with Gasteiger partial charge >= 0.3 is 0 Å². The van der Waals surface area contributed by atoms with Crippen molar-refractivity contribution >= 4 is 0 Å². The normalized spacial score (nSPS) is 25.9. The molecular formula is C15H20N6. The average Bonchev–Trinajstić information content (AvgIpc) is 3.12. The molecule has 0 saturated carbocycles. The van der Waals surface area contributed by atoms with Crippen LogP contribution < -0.4 is 5.32 Å². The number of nitrogens with one attached hydrogen (secondary N) is 2. The number of hydrogen-bond donors (Lipinski definition) is 2. The number of aromatic amines is 1. The molecule has 110 valence electrons. The Morgan fingerprint density at radius 1 is 1.10 bits per heavy atom. The second-order valence-electron chi connectivity index (χ2n) is 6.09. The van der Waals surface area contributed by atoms with Crippen LogP contribution in [0, 0.1) is 0 Å². The average molecular weight is 284 g/mol. The van der Waals surface area contributed by atoms with Crippen molar-refractivity contribution in [3.05, 3.63) is 29.8 Å². The van der Waals surface area contributed by atoms with Crippen molar-refractivity contribution in [3.63, 3.8) is 0 Å². The van der Waals surface area contributed by atoms with Gasteiger partial charge in [0.25, 0.3) is 0 Å². The van der Waals surface area contributed by atoms with Crippen LogP contribution in [-0.4, -0.2) is 50.7 Å². The van der Waals surface area contributed by atoms with Crippen LogP contribution in [0.25, 0.3) is 11.4 Å². The minimum absolute atomic E-state index is 0.651. The summed E-state index contributed by atoms with van der Waals surface area (Å²) in [6.45, 7) is 3.39. The second-order valence-corrected chi connectivity index (χ2v) is 6.09. The largest absolute Gasteiger partial charge is 0.310 e. The van der Waals surface area contributed by atoms with Crippen molar-refractivity contribution in [2.24, 2.45) is 0 Å². The molecule has 6 heteroatoms. The van der Waals surface area contributed by atoms with Gasteiger partial charge in [0.05, 0.1) is 0 Å². The van der Waals surface area contributed by atoms with Crippen molar-refractivity contribution in [3.8, 4) is 11.4 Å². The zero-order valence-corrected chi connectivity index (χ0v) is 12.0. The number of benzene rings is 1. The van der Waals surface area contributed by atoms with Crippen molar-refractivity contribution < 1.29 is 0 Å². The number of H-pyrrole nitrogens is 1. The van der Waals surface area contributed by atoms with Crippen LogP contribution in [0.1, 0.15) is 24.8 Å². The maximum atomic E-state index is 4.00. The van der Waals surface area contributed by atoms with Crippen molar-refractivity contribution in [2.45, 2.75) is 37.9 Å². The fourth-order valence-electron chi connectivity index (χ4n) is 3.46. The van der Waals surface area contributed by atoms with Crippen LogP contribution in [0.5, 0.6) is 0 Å². The molecular weight excluding hydrogens is 264 g/mol. The van der Waals surface area contributed by atoms with Gasteiger partial charge in [-0.2, -0.15) is 5.21 Å². The predicted molar refractivity (Wildman–Crippen MR) is 79.5 cm³/mol. The Bertz CT molecular complexity index is 579. The lowest BCUT2D eigenvalue weighted by atomic mass is 10.1. The number of tetrazole rings is 1. The van der Waals surface area contributed by atoms with Gasteiger partial charge in [0.15, 0.2) is 0 Å². The summed E-state index contributed by atoms with van der Waals surface area (Å²) in [6, 6.07) is 9.92. The first-order chi connectivity index (χ1) is 10.4. The highest BCUT2D eigenvalue weighted by molar-refractivity contribution is 5.54. The summed E-state index contributed by atoms with van der Waals surface area (Å²) in [5, 5.41) is 17.8. The summed E-state index contributed by atoms with van der Waals surface area (Å²) in [4.78, 5) is 2.57. The summed E-state index contributed by atoms with van der Waals surface area (Å²) < 4.78 is 0. The smallest absolute Gasteiger partial charge is 0.204 e. The van der Waals surface area contributed by atoms with Gasteiger partial charge in [0.1, 0.15) is 0 Å². The van der Waals surface area contributed by atoms with Gasteiger partial charge in [-0.3, -0.25) is 4.90 Å². The summed E-state index contributed by atoms with van der Waals surface area (Å²) in [5.74, 6) is 0.651. The van der Waals surface area contributed by atoms with Crippen LogP contribution in [-0.2, 0) is 6.54 Å². The lowest BCUT2D eigenvalue weighted by Crippen LogP contribution is -2.34. The quantitative estimate of drug-likeness (QED) is 0.886. The number of nitrogens with zero attached hydrogens (tertiary/aromatic N) is 4. The van der Waals surface area contributed by atoms with Crippen LogP contribution in [0.4, 0.5) is 0 Å². The van der Waals surface area contributed by atoms with E-state index in [9.17, 15) is 0 Å². The summed E-state index contributed by atoms with van der Waals surface area (Å²) in [5.41, 5.74) is 2.35. The number of fused-ring (bicyclic) bond motifs is 2. The zero-order chi connectivity index (χ0) is 14.1. The summed E-state index contributed by atoms with van der Waals surface area (Å²) in [6.07, 6.45) is 3.97. The maximum Gasteiger partial charge on any atom is 0.204 e. The molecule has 2 bridgehead atoms. The monoisotopic (exact) mass is 284 g/mol. The molecule has 2 N–H and O–H groups in total. The van der Waals surface area contributed by atoms with E-state index in [1.165, 1.54) is 37.9 Å². The van der Waals surface area contributed by atoms with Gasteiger partial charge < -0.3 is 5.32 Å². The Labute approximate surface area is 123 Å². The molecule has 2 aliphatic heterocycles. The molecule has 2 fully saturated rings. The predicted octanol–water partition coefficient (Wildman–Crippen LogP) is 1.19. The summed E-state index contributed by atoms with van der Waals surface area (Å²) in [7, 11) is 0. The topological polar surface area (TPSA) is 69.7 Å². The van der Waals surface area contributed by atoms with Gasteiger partial charge in [-0.25, -0.2) is 0 Å². The Morgan fingerprint density at radius 2 is 1.95 bits per heavy atom. The zero-order valence-electron chi connectivity index (χ0n) is 12.0. The van der Waals surface area contributed by atoms with Gasteiger partial charge in [-0.05, 0) is 30.0 Å². The van der Waals surface area contributed by atoms with Crippen molar-refractivity contribution in [1.29, 1.82) is 0 Å². The molecule has 0 spiro atoms. The van der Waals surface area contributed by atoms with Gasteiger partial charge in [-0.15, -0.1) is 10.2 Å². The maximum absolute atomic E-state index is 4.00. The molecule has 0 radical (unpaired) electrons. The number of rotatable bonds is 3. The fraction of sp³-hybridized carbons (Fsp3) is 0.533. The molecule has 2 aromatic rings. The van der Waals surface area contributed by atoms with E-state index in [2.05, 4.69) is 55.1 Å². The van der Waals surface area contributed by atoms with E-state index in [0.717, 1.165) is 18.2 Å². The fourth-order valence-corrected chi connectivity index (χ4v) is 3.46. The SMILES string of the molecule is c1cc(-c2nn[nH]n2)ccc1CN1CC[C@H]2CC[C@@H](C1)N2. The first-order valence-electron chi connectivity index (χ1n) is 7.68. The van der Waals surface area contributed by atoms with E-state index in [1.807, 2.05) is 0 Å². The minimum atomic E-state index is 0.651. The van der Waals surface area contributed by atoms with Crippen LogP contribution in [0.15, 0.2) is 24.3 Å². The van der Waals surface area contributed by atoms with Crippen molar-refractivity contribution in [1.82, 2.24) is 30.8 Å². The lowest BCUT2D eigenvalue weighted by Gasteiger charge is -2.24. The Morgan fingerprint density at radius 3 is 2.76 bits per heavy atom. The van der Waals surface area contributed by atoms with E-state index < -0.39 is 0 Å². The van der Waals surface area contributed by atoms with E-state index in [1.54, 1.807) is 0 Å². The first kappa shape index (κ1) is 12.9. The third kappa shape index (κ3) is 2.82. The molecule has 2 aliphatic rings. The minimum Gasteiger partial charge on any atom is -0.310 e. The van der Waals surface area contributed by atoms with Crippen molar-refractivity contribution in [2.75, 3.05) is 13.1 Å². The molecule has 3 heterocycles. The molecule has 1 aromatic heterocycles. The van der Waals surface area contributed by atoms with Gasteiger partial charge in [-0.1, -0.05) is 24.3 Å². The standard InChI is InChI=1S/C15H20N6/c1-3-12(15-17-19-20-18-15)4-2-11(1)9-21-8-7-13-5-6-14(10-21)16-13/h1-4,13-14,16H,5-10H2,(H,17,18,19,20)/t13-,14+/m1/s1. The lowest BCUT2D eigenvalue weighted by molar-refractivity contribution is 0.251. The number of likely N-dealkylation sites (tertiary alicyclic amines) is 1. The van der Waals surface area contributed by atoms with E-state index in [-0.39, 0.29) is 0 Å². The van der Waals surface area contributed by atoms with Crippen LogP contribution in [0.2, 0.25) is 0 Å². The van der Waals surface area contributed by atoms with E-state index in [4.69, 9.17) is 0 Å². The highest BCUT2D eigenvalue weighted by atomic mass is 15.5. The molecule has 6 nitrogen and oxygen atoms in total. The number of aromatic nitrogens is 4. The summed E-state index contributed by atoms with van der Waals surface area (Å²) >= 11 is 0. The van der Waals surface area contributed by atoms with E-state index >= 15 is 0 Å². The Balaban J connectivity index is 1.42. The van der Waals surface area contributed by atoms with Gasteiger partial charge in [0.2, 0.25) is 5.82 Å². The Hall–Kier alpha value is -1.79.